The molecule has 31 heavy (non-hydrogen) atoms. The monoisotopic (exact) mass is 442 g/mol. The Hall–Kier alpha value is -2.54. The summed E-state index contributed by atoms with van der Waals surface area (Å²) in [7, 11) is -1.44. The van der Waals surface area contributed by atoms with Crippen molar-refractivity contribution in [3.05, 3.63) is 59.4 Å². The average Bonchev–Trinajstić information content (AvgIpc) is 2.74. The lowest BCUT2D eigenvalue weighted by atomic mass is 9.96. The lowest BCUT2D eigenvalue weighted by Gasteiger charge is -2.29. The minimum Gasteiger partial charge on any atom is -0.349 e. The summed E-state index contributed by atoms with van der Waals surface area (Å²) in [6.45, 7) is 0.233. The topological polar surface area (TPSA) is 66.5 Å². The normalized spacial score (nSPS) is 20.0. The summed E-state index contributed by atoms with van der Waals surface area (Å²) in [4.78, 5) is 27.7. The first-order valence-electron chi connectivity index (χ1n) is 10.9. The molecular weight excluding hydrogens is 415 g/mol. The Kier molecular flexibility index (Phi) is 6.80. The lowest BCUT2D eigenvalue weighted by Crippen LogP contribution is -2.39. The number of anilines is 1. The molecule has 2 aromatic rings. The van der Waals surface area contributed by atoms with E-state index in [1.165, 1.54) is 36.3 Å². The van der Waals surface area contributed by atoms with Gasteiger partial charge in [0.2, 0.25) is 5.91 Å². The number of carbonyl (C=O) groups excluding carboxylic acids is 2. The fraction of sp³-hybridized carbons (Fsp3) is 0.417. The average molecular weight is 443 g/mol. The van der Waals surface area contributed by atoms with Crippen LogP contribution in [-0.4, -0.2) is 27.8 Å². The number of hydrogen-bond acceptors (Lipinski definition) is 3. The second-order valence-electron chi connectivity index (χ2n) is 8.29. The molecule has 2 amide bonds. The molecular formula is C24H27FN2O3S. The summed E-state index contributed by atoms with van der Waals surface area (Å²) >= 11 is 0. The van der Waals surface area contributed by atoms with Crippen molar-refractivity contribution in [2.75, 3.05) is 10.7 Å². The maximum atomic E-state index is 13.2. The Morgan fingerprint density at radius 3 is 2.42 bits per heavy atom. The van der Waals surface area contributed by atoms with Crippen LogP contribution in [0.1, 0.15) is 60.9 Å². The van der Waals surface area contributed by atoms with E-state index in [1.54, 1.807) is 30.3 Å². The van der Waals surface area contributed by atoms with Crippen LogP contribution in [0.4, 0.5) is 10.1 Å². The number of halogens is 1. The van der Waals surface area contributed by atoms with E-state index in [1.807, 2.05) is 0 Å². The number of nitrogens with one attached hydrogen (secondary N) is 1. The summed E-state index contributed by atoms with van der Waals surface area (Å²) < 4.78 is 25.8. The number of carbonyl (C=O) groups is 2. The van der Waals surface area contributed by atoms with Crippen molar-refractivity contribution in [3.8, 4) is 0 Å². The first-order valence-corrected chi connectivity index (χ1v) is 12.2. The molecule has 5 nitrogen and oxygen atoms in total. The van der Waals surface area contributed by atoms with Crippen molar-refractivity contribution in [1.82, 2.24) is 5.32 Å². The van der Waals surface area contributed by atoms with E-state index >= 15 is 0 Å². The highest BCUT2D eigenvalue weighted by Crippen LogP contribution is 2.31. The van der Waals surface area contributed by atoms with Crippen LogP contribution in [0.2, 0.25) is 0 Å². The molecule has 7 heteroatoms. The molecule has 0 unspecified atom stereocenters. The van der Waals surface area contributed by atoms with Crippen LogP contribution in [-0.2, 0) is 22.1 Å². The smallest absolute Gasteiger partial charge is 0.251 e. The largest absolute Gasteiger partial charge is 0.349 e. The predicted molar refractivity (Wildman–Crippen MR) is 119 cm³/mol. The van der Waals surface area contributed by atoms with E-state index in [0.717, 1.165) is 31.2 Å². The highest BCUT2D eigenvalue weighted by atomic mass is 32.2. The molecule has 1 aliphatic heterocycles. The molecule has 2 aliphatic rings. The van der Waals surface area contributed by atoms with Gasteiger partial charge in [0.05, 0.1) is 27.9 Å². The summed E-state index contributed by atoms with van der Waals surface area (Å²) in [5, 5.41) is 3.14. The van der Waals surface area contributed by atoms with Crippen molar-refractivity contribution in [2.45, 2.75) is 62.4 Å². The van der Waals surface area contributed by atoms with Gasteiger partial charge in [-0.2, -0.15) is 0 Å². The third kappa shape index (κ3) is 5.21. The van der Waals surface area contributed by atoms with E-state index in [0.29, 0.717) is 16.1 Å². The van der Waals surface area contributed by atoms with Gasteiger partial charge < -0.3 is 10.2 Å². The first-order chi connectivity index (χ1) is 15.0. The molecule has 0 spiro atoms. The third-order valence-electron chi connectivity index (χ3n) is 6.01. The van der Waals surface area contributed by atoms with Crippen molar-refractivity contribution in [1.29, 1.82) is 0 Å². The summed E-state index contributed by atoms with van der Waals surface area (Å²) in [6.07, 6.45) is 7.88. The standard InChI is InChI=1S/C24H27FN2O3S/c25-19-11-8-17(9-12-19)15-27-21-14-18(10-13-22(21)31(30)16-23(27)28)24(29)26-20-6-4-2-1-3-5-7-20/h8-14,20H,1-7,15-16H2,(H,26,29)/t31-/m1/s1. The van der Waals surface area contributed by atoms with Crippen LogP contribution in [0.25, 0.3) is 0 Å². The number of benzene rings is 2. The molecule has 1 atom stereocenters. The van der Waals surface area contributed by atoms with Gasteiger partial charge in [-0.1, -0.05) is 44.2 Å². The van der Waals surface area contributed by atoms with Gasteiger partial charge in [0.25, 0.3) is 5.91 Å². The van der Waals surface area contributed by atoms with Crippen molar-refractivity contribution in [2.24, 2.45) is 0 Å². The van der Waals surface area contributed by atoms with Crippen LogP contribution in [0.5, 0.6) is 0 Å². The van der Waals surface area contributed by atoms with Gasteiger partial charge in [0.1, 0.15) is 11.6 Å². The summed E-state index contributed by atoms with van der Waals surface area (Å²) in [5.41, 5.74) is 1.71. The van der Waals surface area contributed by atoms with Gasteiger partial charge in [-0.3, -0.25) is 13.8 Å². The van der Waals surface area contributed by atoms with Gasteiger partial charge >= 0.3 is 0 Å². The van der Waals surface area contributed by atoms with E-state index < -0.39 is 10.8 Å². The van der Waals surface area contributed by atoms with E-state index in [4.69, 9.17) is 0 Å². The van der Waals surface area contributed by atoms with Crippen molar-refractivity contribution in [3.63, 3.8) is 0 Å². The number of nitrogens with zero attached hydrogens (tertiary/aromatic N) is 1. The number of hydrogen-bond donors (Lipinski definition) is 1. The number of fused-ring (bicyclic) bond motifs is 1. The van der Waals surface area contributed by atoms with E-state index in [9.17, 15) is 18.2 Å². The zero-order chi connectivity index (χ0) is 21.8. The fourth-order valence-corrected chi connectivity index (χ4v) is 5.44. The molecule has 2 aromatic carbocycles. The second kappa shape index (κ2) is 9.73. The third-order valence-corrected chi connectivity index (χ3v) is 7.35. The van der Waals surface area contributed by atoms with Crippen LogP contribution in [0, 0.1) is 5.82 Å². The Labute approximate surface area is 184 Å². The predicted octanol–water partition coefficient (Wildman–Crippen LogP) is 4.32. The molecule has 1 heterocycles. The molecule has 0 saturated heterocycles. The lowest BCUT2D eigenvalue weighted by molar-refractivity contribution is -0.116. The molecule has 1 saturated carbocycles. The van der Waals surface area contributed by atoms with Gasteiger partial charge in [-0.25, -0.2) is 4.39 Å². The van der Waals surface area contributed by atoms with Crippen LogP contribution in [0.3, 0.4) is 0 Å². The molecule has 1 aliphatic carbocycles. The maximum Gasteiger partial charge on any atom is 0.251 e. The zero-order valence-electron chi connectivity index (χ0n) is 17.4. The van der Waals surface area contributed by atoms with E-state index in [2.05, 4.69) is 5.32 Å². The Bertz CT molecular complexity index is 985. The highest BCUT2D eigenvalue weighted by Gasteiger charge is 2.30. The second-order valence-corrected chi connectivity index (χ2v) is 9.71. The minimum absolute atomic E-state index is 0.0954. The van der Waals surface area contributed by atoms with Crippen molar-refractivity contribution < 1.29 is 18.2 Å². The number of rotatable bonds is 4. The first kappa shape index (κ1) is 21.7. The highest BCUT2D eigenvalue weighted by molar-refractivity contribution is 7.86. The SMILES string of the molecule is O=C(NC1CCCCCCC1)c1ccc2c(c1)N(Cc1ccc(F)cc1)C(=O)C[S@]2=O. The molecule has 1 fully saturated rings. The van der Waals surface area contributed by atoms with Gasteiger partial charge in [0.15, 0.2) is 0 Å². The molecule has 0 aromatic heterocycles. The summed E-state index contributed by atoms with van der Waals surface area (Å²) in [5.74, 6) is -0.878. The quantitative estimate of drug-likeness (QED) is 0.767. The maximum absolute atomic E-state index is 13.2. The van der Waals surface area contributed by atoms with Gasteiger partial charge in [0, 0.05) is 11.6 Å². The summed E-state index contributed by atoms with van der Waals surface area (Å²) in [6, 6.07) is 11.1. The molecule has 164 valence electrons. The molecule has 1 N–H and O–H groups in total. The van der Waals surface area contributed by atoms with E-state index in [-0.39, 0.29) is 36.0 Å². The Morgan fingerprint density at radius 2 is 1.71 bits per heavy atom. The Balaban J connectivity index is 1.57. The molecule has 4 rings (SSSR count). The van der Waals surface area contributed by atoms with Crippen LogP contribution < -0.4 is 10.2 Å². The Morgan fingerprint density at radius 1 is 1.03 bits per heavy atom. The van der Waals surface area contributed by atoms with Crippen molar-refractivity contribution >= 4 is 28.3 Å². The fourth-order valence-electron chi connectivity index (χ4n) is 4.28. The molecule has 0 radical (unpaired) electrons. The minimum atomic E-state index is -1.44. The molecule has 0 bridgehead atoms. The van der Waals surface area contributed by atoms with Crippen LogP contribution >= 0.6 is 0 Å². The number of amides is 2. The van der Waals surface area contributed by atoms with Gasteiger partial charge in [-0.05, 0) is 48.7 Å². The van der Waals surface area contributed by atoms with Crippen LogP contribution in [0.15, 0.2) is 47.4 Å². The van der Waals surface area contributed by atoms with Gasteiger partial charge in [-0.15, -0.1) is 0 Å². The zero-order valence-corrected chi connectivity index (χ0v) is 18.3.